The van der Waals surface area contributed by atoms with Crippen LogP contribution in [0.25, 0.3) is 0 Å². The van der Waals surface area contributed by atoms with Crippen LogP contribution in [0.4, 0.5) is 4.39 Å². The number of hydrogen-bond acceptors (Lipinski definition) is 4. The molecule has 2 saturated heterocycles. The fraction of sp³-hybridized carbons (Fsp3) is 0.522. The number of hydrogen-bond donors (Lipinski definition) is 0. The van der Waals surface area contributed by atoms with E-state index < -0.39 is 5.95 Å². The Hall–Kier alpha value is -2.41. The van der Waals surface area contributed by atoms with Crippen molar-refractivity contribution < 1.29 is 18.4 Å². The molecule has 4 rings (SSSR count). The first-order chi connectivity index (χ1) is 14.6. The van der Waals surface area contributed by atoms with Crippen LogP contribution in [-0.2, 0) is 0 Å². The molecular formula is C23H27ClFN3O3. The minimum Gasteiger partial charge on any atom is -0.465 e. The fourth-order valence-corrected chi connectivity index (χ4v) is 4.65. The van der Waals surface area contributed by atoms with Crippen LogP contribution >= 0.6 is 11.6 Å². The second kappa shape index (κ2) is 7.93. The van der Waals surface area contributed by atoms with Crippen molar-refractivity contribution in [3.05, 3.63) is 51.9 Å². The number of likely N-dealkylation sites (tertiary alicyclic amines) is 2. The molecule has 0 radical (unpaired) electrons. The average Bonchev–Trinajstić information content (AvgIpc) is 3.33. The molecule has 0 N–H and O–H groups in total. The van der Waals surface area contributed by atoms with E-state index in [-0.39, 0.29) is 39.8 Å². The van der Waals surface area contributed by atoms with Crippen molar-refractivity contribution in [2.24, 2.45) is 5.41 Å². The summed E-state index contributed by atoms with van der Waals surface area (Å²) in [5.41, 5.74) is 0.440. The van der Waals surface area contributed by atoms with Crippen LogP contribution in [-0.4, -0.2) is 52.8 Å². The highest BCUT2D eigenvalue weighted by Gasteiger charge is 2.51. The molecule has 2 fully saturated rings. The molecule has 2 amide bonds. The molecule has 0 unspecified atom stereocenters. The van der Waals surface area contributed by atoms with Gasteiger partial charge in [0.1, 0.15) is 17.2 Å². The Labute approximate surface area is 186 Å². The predicted octanol–water partition coefficient (Wildman–Crippen LogP) is 4.70. The first-order valence-electron chi connectivity index (χ1n) is 10.6. The molecule has 0 aliphatic carbocycles. The van der Waals surface area contributed by atoms with Gasteiger partial charge in [-0.25, -0.2) is 4.98 Å². The van der Waals surface area contributed by atoms with Gasteiger partial charge in [-0.15, -0.1) is 0 Å². The minimum atomic E-state index is -0.734. The highest BCUT2D eigenvalue weighted by Crippen LogP contribution is 2.41. The maximum Gasteiger partial charge on any atom is 0.274 e. The van der Waals surface area contributed by atoms with Crippen molar-refractivity contribution in [3.8, 4) is 0 Å². The number of carbonyl (C=O) groups is 2. The maximum absolute atomic E-state index is 13.4. The third-order valence-corrected chi connectivity index (χ3v) is 6.49. The molecule has 0 bridgehead atoms. The summed E-state index contributed by atoms with van der Waals surface area (Å²) in [5, 5.41) is 0.137. The first-order valence-corrected chi connectivity index (χ1v) is 11.0. The van der Waals surface area contributed by atoms with Crippen LogP contribution in [0.2, 0.25) is 5.02 Å². The van der Waals surface area contributed by atoms with Crippen LogP contribution in [0, 0.1) is 11.4 Å². The number of halogens is 2. The number of aromatic nitrogens is 1. The van der Waals surface area contributed by atoms with E-state index in [1.54, 1.807) is 4.90 Å². The van der Waals surface area contributed by atoms with Crippen molar-refractivity contribution in [3.63, 3.8) is 0 Å². The van der Waals surface area contributed by atoms with Crippen LogP contribution in [0.5, 0.6) is 0 Å². The third-order valence-electron chi connectivity index (χ3n) is 6.18. The summed E-state index contributed by atoms with van der Waals surface area (Å²) in [4.78, 5) is 33.1. The Morgan fingerprint density at radius 1 is 1.10 bits per heavy atom. The Bertz CT molecular complexity index is 1030. The molecule has 0 aromatic carbocycles. The number of carbonyl (C=O) groups excluding carboxylic acids is 2. The summed E-state index contributed by atoms with van der Waals surface area (Å²) in [7, 11) is 0. The topological polar surface area (TPSA) is 66.7 Å². The number of nitrogens with zero attached hydrogens (tertiary/aromatic N) is 3. The maximum atomic E-state index is 13.4. The van der Waals surface area contributed by atoms with Crippen molar-refractivity contribution in [2.75, 3.05) is 26.2 Å². The van der Waals surface area contributed by atoms with E-state index in [1.807, 2.05) is 38.7 Å². The zero-order valence-electron chi connectivity index (χ0n) is 18.2. The average molecular weight is 448 g/mol. The SMILES string of the molecule is CC(C)c1cc(C(=O)N2CCC3(C2)CN(C(=O)c2nc(F)ccc2Cl)C3)c(C(C)C)o1. The molecule has 4 heterocycles. The molecule has 0 atom stereocenters. The van der Waals surface area contributed by atoms with Gasteiger partial charge in [0.05, 0.1) is 10.6 Å². The normalized spacial score (nSPS) is 17.7. The molecule has 8 heteroatoms. The van der Waals surface area contributed by atoms with Gasteiger partial charge in [-0.2, -0.15) is 4.39 Å². The molecular weight excluding hydrogens is 421 g/mol. The van der Waals surface area contributed by atoms with E-state index in [9.17, 15) is 14.0 Å². The molecule has 166 valence electrons. The van der Waals surface area contributed by atoms with E-state index in [1.165, 1.54) is 6.07 Å². The summed E-state index contributed by atoms with van der Waals surface area (Å²) in [6.07, 6.45) is 0.818. The zero-order chi connectivity index (χ0) is 22.5. The van der Waals surface area contributed by atoms with Gasteiger partial charge >= 0.3 is 0 Å². The zero-order valence-corrected chi connectivity index (χ0v) is 19.0. The molecule has 1 spiro atoms. The summed E-state index contributed by atoms with van der Waals surface area (Å²) in [6.45, 7) is 10.4. The van der Waals surface area contributed by atoms with Crippen molar-refractivity contribution in [1.82, 2.24) is 14.8 Å². The molecule has 2 aliphatic heterocycles. The predicted molar refractivity (Wildman–Crippen MR) is 115 cm³/mol. The quantitative estimate of drug-likeness (QED) is 0.637. The second-order valence-electron chi connectivity index (χ2n) is 9.34. The van der Waals surface area contributed by atoms with E-state index in [4.69, 9.17) is 16.0 Å². The Balaban J connectivity index is 1.44. The summed E-state index contributed by atoms with van der Waals surface area (Å²) < 4.78 is 19.4. The van der Waals surface area contributed by atoms with E-state index in [2.05, 4.69) is 4.98 Å². The Morgan fingerprint density at radius 3 is 2.42 bits per heavy atom. The van der Waals surface area contributed by atoms with E-state index in [0.29, 0.717) is 31.7 Å². The summed E-state index contributed by atoms with van der Waals surface area (Å²) in [5.74, 6) is 0.742. The van der Waals surface area contributed by atoms with Crippen molar-refractivity contribution in [2.45, 2.75) is 46.0 Å². The van der Waals surface area contributed by atoms with Gasteiger partial charge in [0.25, 0.3) is 11.8 Å². The number of pyridine rings is 1. The molecule has 2 aliphatic rings. The number of rotatable bonds is 4. The van der Waals surface area contributed by atoms with Gasteiger partial charge in [0.15, 0.2) is 0 Å². The lowest BCUT2D eigenvalue weighted by Crippen LogP contribution is -2.59. The third kappa shape index (κ3) is 3.95. The number of furan rings is 1. The molecule has 0 saturated carbocycles. The lowest BCUT2D eigenvalue weighted by Gasteiger charge is -2.47. The van der Waals surface area contributed by atoms with Crippen molar-refractivity contribution >= 4 is 23.4 Å². The smallest absolute Gasteiger partial charge is 0.274 e. The Kier molecular flexibility index (Phi) is 5.58. The first kappa shape index (κ1) is 21.8. The summed E-state index contributed by atoms with van der Waals surface area (Å²) >= 11 is 6.03. The highest BCUT2D eigenvalue weighted by atomic mass is 35.5. The standard InChI is InChI=1S/C23H27ClFN3O3/c1-13(2)17-9-15(20(31-17)14(3)4)21(29)27-8-7-23(10-27)11-28(12-23)22(30)19-16(24)5-6-18(25)26-19/h5-6,9,13-14H,7-8,10-12H2,1-4H3. The van der Waals surface area contributed by atoms with Crippen LogP contribution < -0.4 is 0 Å². The molecule has 6 nitrogen and oxygen atoms in total. The van der Waals surface area contributed by atoms with E-state index >= 15 is 0 Å². The highest BCUT2D eigenvalue weighted by molar-refractivity contribution is 6.33. The largest absolute Gasteiger partial charge is 0.465 e. The van der Waals surface area contributed by atoms with Crippen LogP contribution in [0.1, 0.15) is 78.3 Å². The van der Waals surface area contributed by atoms with Gasteiger partial charge < -0.3 is 14.2 Å². The Morgan fingerprint density at radius 2 is 1.77 bits per heavy atom. The van der Waals surface area contributed by atoms with Gasteiger partial charge in [0, 0.05) is 43.4 Å². The van der Waals surface area contributed by atoms with Gasteiger partial charge in [-0.1, -0.05) is 39.3 Å². The fourth-order valence-electron chi connectivity index (χ4n) is 4.47. The molecule has 2 aromatic heterocycles. The number of amides is 2. The van der Waals surface area contributed by atoms with Gasteiger partial charge in [-0.3, -0.25) is 9.59 Å². The summed E-state index contributed by atoms with van der Waals surface area (Å²) in [6, 6.07) is 4.34. The van der Waals surface area contributed by atoms with Crippen molar-refractivity contribution in [1.29, 1.82) is 0 Å². The van der Waals surface area contributed by atoms with Crippen LogP contribution in [0.3, 0.4) is 0 Å². The lowest BCUT2D eigenvalue weighted by atomic mass is 9.79. The lowest BCUT2D eigenvalue weighted by molar-refractivity contribution is 0.0105. The minimum absolute atomic E-state index is 0.0177. The monoisotopic (exact) mass is 447 g/mol. The van der Waals surface area contributed by atoms with Gasteiger partial charge in [-0.05, 0) is 24.6 Å². The molecule has 31 heavy (non-hydrogen) atoms. The van der Waals surface area contributed by atoms with Crippen LogP contribution in [0.15, 0.2) is 22.6 Å². The molecule has 2 aromatic rings. The van der Waals surface area contributed by atoms with Gasteiger partial charge in [0.2, 0.25) is 5.95 Å². The second-order valence-corrected chi connectivity index (χ2v) is 9.75. The van der Waals surface area contributed by atoms with E-state index in [0.717, 1.165) is 24.0 Å².